The lowest BCUT2D eigenvalue weighted by Gasteiger charge is -2.14. The van der Waals surface area contributed by atoms with Crippen LogP contribution in [-0.4, -0.2) is 43.1 Å². The molecule has 4 heterocycles. The molecule has 0 atom stereocenters. The van der Waals surface area contributed by atoms with Crippen LogP contribution in [0.25, 0.3) is 50.0 Å². The fraction of sp³-hybridized carbons (Fsp3) is 0.171. The maximum atomic E-state index is 14.7. The lowest BCUT2D eigenvalue weighted by molar-refractivity contribution is 0.625. The lowest BCUT2D eigenvalue weighted by atomic mass is 10.0. The highest BCUT2D eigenvalue weighted by molar-refractivity contribution is 8.25. The second-order valence-electron chi connectivity index (χ2n) is 11.3. The van der Waals surface area contributed by atoms with Gasteiger partial charge in [0.05, 0.1) is 28.6 Å². The van der Waals surface area contributed by atoms with Crippen LogP contribution in [0.5, 0.6) is 0 Å². The van der Waals surface area contributed by atoms with E-state index in [0.29, 0.717) is 12.2 Å². The Morgan fingerprint density at radius 3 is 2.61 bits per heavy atom. The van der Waals surface area contributed by atoms with E-state index in [1.54, 1.807) is 18.5 Å². The SMILES string of the molecule is C=C/C(=C\C(=C/C)c1ccc2[nH]nc(-c3cc4c(-c5cc(F)cc(CNS(=C)(=C)C)c5)cncc4[nH]3)c2n1)NC(=C)C(C)C. The van der Waals surface area contributed by atoms with E-state index in [9.17, 15) is 4.39 Å². The number of pyridine rings is 2. The molecule has 4 N–H and O–H groups in total. The molecule has 5 aromatic rings. The van der Waals surface area contributed by atoms with E-state index in [4.69, 9.17) is 4.98 Å². The van der Waals surface area contributed by atoms with Crippen molar-refractivity contribution in [3.8, 4) is 22.5 Å². The van der Waals surface area contributed by atoms with Gasteiger partial charge in [0.15, 0.2) is 0 Å². The molecule has 1 aromatic carbocycles. The number of H-pyrrole nitrogens is 2. The molecule has 0 aliphatic rings. The number of allylic oxidation sites excluding steroid dienone is 5. The molecule has 0 unspecified atom stereocenters. The van der Waals surface area contributed by atoms with E-state index in [2.05, 4.69) is 69.0 Å². The first-order valence-corrected chi connectivity index (χ1v) is 16.6. The van der Waals surface area contributed by atoms with Gasteiger partial charge in [0.25, 0.3) is 0 Å². The molecule has 0 spiro atoms. The van der Waals surface area contributed by atoms with Gasteiger partial charge >= 0.3 is 0 Å². The van der Waals surface area contributed by atoms with Crippen LogP contribution in [0.2, 0.25) is 0 Å². The number of aromatic nitrogens is 5. The minimum absolute atomic E-state index is 0.284. The average Bonchev–Trinajstić information content (AvgIpc) is 3.61. The van der Waals surface area contributed by atoms with Gasteiger partial charge in [-0.3, -0.25) is 14.8 Å². The molecule has 0 bridgehead atoms. The summed E-state index contributed by atoms with van der Waals surface area (Å²) in [6.45, 7) is 14.7. The van der Waals surface area contributed by atoms with Crippen molar-refractivity contribution < 1.29 is 4.39 Å². The number of rotatable bonds is 11. The van der Waals surface area contributed by atoms with Gasteiger partial charge in [-0.05, 0) is 84.3 Å². The van der Waals surface area contributed by atoms with Crippen molar-refractivity contribution in [1.82, 2.24) is 35.2 Å². The number of fused-ring (bicyclic) bond motifs is 2. The second kappa shape index (κ2) is 12.5. The van der Waals surface area contributed by atoms with Crippen molar-refractivity contribution in [1.29, 1.82) is 0 Å². The Morgan fingerprint density at radius 2 is 1.91 bits per heavy atom. The Bertz CT molecular complexity index is 2060. The highest BCUT2D eigenvalue weighted by Gasteiger charge is 2.17. The van der Waals surface area contributed by atoms with E-state index >= 15 is 0 Å². The van der Waals surface area contributed by atoms with Gasteiger partial charge in [0, 0.05) is 35.1 Å². The van der Waals surface area contributed by atoms with Crippen LogP contribution in [-0.2, 0) is 6.54 Å². The number of hydrogen-bond donors (Lipinski definition) is 4. The van der Waals surface area contributed by atoms with Crippen LogP contribution >= 0.6 is 9.39 Å². The highest BCUT2D eigenvalue weighted by atomic mass is 32.2. The number of nitrogens with one attached hydrogen (secondary N) is 4. The molecule has 7 nitrogen and oxygen atoms in total. The summed E-state index contributed by atoms with van der Waals surface area (Å²) < 4.78 is 18.0. The molecule has 0 aliphatic carbocycles. The zero-order chi connectivity index (χ0) is 31.6. The third kappa shape index (κ3) is 6.74. The maximum absolute atomic E-state index is 14.7. The summed E-state index contributed by atoms with van der Waals surface area (Å²) in [5, 5.41) is 12.0. The zero-order valence-electron chi connectivity index (χ0n) is 25.6. The lowest BCUT2D eigenvalue weighted by Crippen LogP contribution is -2.14. The minimum atomic E-state index is -1.44. The van der Waals surface area contributed by atoms with Crippen molar-refractivity contribution in [2.45, 2.75) is 27.3 Å². The number of hydrogen-bond acceptors (Lipinski definition) is 5. The fourth-order valence-electron chi connectivity index (χ4n) is 4.77. The molecule has 5 rings (SSSR count). The van der Waals surface area contributed by atoms with Gasteiger partial charge in [-0.25, -0.2) is 9.37 Å². The largest absolute Gasteiger partial charge is 0.359 e. The van der Waals surface area contributed by atoms with Gasteiger partial charge in [0.1, 0.15) is 17.0 Å². The van der Waals surface area contributed by atoms with Gasteiger partial charge in [-0.2, -0.15) is 14.5 Å². The van der Waals surface area contributed by atoms with E-state index in [1.807, 2.05) is 49.6 Å². The van der Waals surface area contributed by atoms with Gasteiger partial charge in [0.2, 0.25) is 0 Å². The zero-order valence-corrected chi connectivity index (χ0v) is 26.4. The summed E-state index contributed by atoms with van der Waals surface area (Å²) >= 11 is 0. The first-order valence-electron chi connectivity index (χ1n) is 14.2. The fourth-order valence-corrected chi connectivity index (χ4v) is 5.29. The number of benzene rings is 1. The Kier molecular flexibility index (Phi) is 8.71. The average molecular weight is 608 g/mol. The van der Waals surface area contributed by atoms with Gasteiger partial charge < -0.3 is 10.3 Å². The van der Waals surface area contributed by atoms with Crippen molar-refractivity contribution >= 4 is 48.6 Å². The maximum Gasteiger partial charge on any atom is 0.135 e. The van der Waals surface area contributed by atoms with Crippen molar-refractivity contribution in [2.75, 3.05) is 6.26 Å². The van der Waals surface area contributed by atoms with E-state index < -0.39 is 9.39 Å². The molecule has 0 saturated carbocycles. The Labute approximate surface area is 258 Å². The molecule has 0 fully saturated rings. The van der Waals surface area contributed by atoms with Gasteiger partial charge in [-0.1, -0.05) is 44.8 Å². The predicted octanol–water partition coefficient (Wildman–Crippen LogP) is 7.84. The molecule has 9 heteroatoms. The smallest absolute Gasteiger partial charge is 0.135 e. The third-order valence-corrected chi connectivity index (χ3v) is 8.08. The van der Waals surface area contributed by atoms with Crippen LogP contribution in [0, 0.1) is 11.7 Å². The number of aromatic amines is 2. The van der Waals surface area contributed by atoms with Crippen molar-refractivity contribution in [2.24, 2.45) is 5.92 Å². The van der Waals surface area contributed by atoms with Crippen LogP contribution < -0.4 is 10.0 Å². The van der Waals surface area contributed by atoms with E-state index in [-0.39, 0.29) is 11.7 Å². The number of halogens is 1. The monoisotopic (exact) mass is 607 g/mol. The van der Waals surface area contributed by atoms with Crippen LogP contribution in [0.1, 0.15) is 32.0 Å². The molecular formula is C35H38FN7S. The quantitative estimate of drug-likeness (QED) is 0.0907. The van der Waals surface area contributed by atoms with E-state index in [0.717, 1.165) is 67.0 Å². The molecule has 0 radical (unpaired) electrons. The standard InChI is InChI=1S/C35H38FN7S/c1-9-24(16-27(10-2)39-22(5)21(3)4)30-11-12-31-34(41-30)35(43-42-31)32-17-28-29(19-37-20-33(28)40-32)25-13-23(14-26(36)15-25)18-38-44(6,7)8/h9-17,19-21,38-40H,2,5-7,18H2,1,3-4,8H3,(H,42,43)/b24-9+,27-16+. The van der Waals surface area contributed by atoms with Gasteiger partial charge in [-0.15, -0.1) is 0 Å². The first kappa shape index (κ1) is 30.7. The van der Waals surface area contributed by atoms with Crippen molar-refractivity contribution in [3.63, 3.8) is 0 Å². The molecule has 0 aliphatic heterocycles. The molecule has 0 saturated heterocycles. The highest BCUT2D eigenvalue weighted by Crippen LogP contribution is 2.34. The second-order valence-corrected chi connectivity index (χ2v) is 14.1. The summed E-state index contributed by atoms with van der Waals surface area (Å²) in [7, 11) is -1.44. The summed E-state index contributed by atoms with van der Waals surface area (Å²) in [6.07, 6.45) is 11.3. The summed E-state index contributed by atoms with van der Waals surface area (Å²) in [5.74, 6) is 8.08. The molecule has 4 aromatic heterocycles. The Hall–Kier alpha value is -4.73. The summed E-state index contributed by atoms with van der Waals surface area (Å²) in [4.78, 5) is 12.9. The first-order chi connectivity index (χ1) is 21.0. The van der Waals surface area contributed by atoms with Crippen molar-refractivity contribution in [3.05, 3.63) is 109 Å². The Morgan fingerprint density at radius 1 is 1.11 bits per heavy atom. The molecule has 0 amide bonds. The van der Waals surface area contributed by atoms with Crippen LogP contribution in [0.3, 0.4) is 0 Å². The Balaban J connectivity index is 1.54. The predicted molar refractivity (Wildman–Crippen MR) is 188 cm³/mol. The minimum Gasteiger partial charge on any atom is -0.359 e. The van der Waals surface area contributed by atoms with Crippen LogP contribution in [0.15, 0.2) is 91.6 Å². The molecular weight excluding hydrogens is 569 g/mol. The molecule has 44 heavy (non-hydrogen) atoms. The molecule has 226 valence electrons. The topological polar surface area (TPSA) is 94.3 Å². The normalized spacial score (nSPS) is 12.8. The third-order valence-electron chi connectivity index (χ3n) is 7.24. The van der Waals surface area contributed by atoms with E-state index in [1.165, 1.54) is 12.1 Å². The van der Waals surface area contributed by atoms with Crippen LogP contribution in [0.4, 0.5) is 4.39 Å². The number of nitrogens with zero attached hydrogens (tertiary/aromatic N) is 3. The summed E-state index contributed by atoms with van der Waals surface area (Å²) in [6, 6.07) is 11.0. The summed E-state index contributed by atoms with van der Waals surface area (Å²) in [5.41, 5.74) is 9.62.